The second kappa shape index (κ2) is 2.28. The van der Waals surface area contributed by atoms with Crippen LogP contribution in [-0.4, -0.2) is 15.4 Å². The van der Waals surface area contributed by atoms with Crippen molar-refractivity contribution in [3.63, 3.8) is 0 Å². The highest BCUT2D eigenvalue weighted by molar-refractivity contribution is 7.36. The fourth-order valence-electron chi connectivity index (χ4n) is 0.786. The molecule has 0 bridgehead atoms. The highest BCUT2D eigenvalue weighted by Crippen LogP contribution is 2.28. The Morgan fingerprint density at radius 2 is 2.45 bits per heavy atom. The first-order valence-corrected chi connectivity index (χ1v) is 4.44. The number of hydrogen-bond donors (Lipinski definition) is 1. The molecule has 0 aliphatic heterocycles. The van der Waals surface area contributed by atoms with Gasteiger partial charge in [0.2, 0.25) is 0 Å². The molecule has 1 N–H and O–H groups in total. The molecule has 56 valence electrons. The number of carboxylic acid groups (broad SMARTS) is 1. The SMILES string of the molecule is O=C(O)c1cc2cnsc2s1. The van der Waals surface area contributed by atoms with Crippen LogP contribution in [0.25, 0.3) is 9.40 Å². The third-order valence-corrected chi connectivity index (χ3v) is 3.28. The molecular formula is C6H3NO2S2. The minimum atomic E-state index is -0.863. The van der Waals surface area contributed by atoms with E-state index in [2.05, 4.69) is 4.37 Å². The number of carbonyl (C=O) groups is 1. The van der Waals surface area contributed by atoms with E-state index in [0.29, 0.717) is 4.88 Å². The third kappa shape index (κ3) is 1.02. The van der Waals surface area contributed by atoms with Gasteiger partial charge in [0, 0.05) is 11.6 Å². The number of thiophene rings is 1. The van der Waals surface area contributed by atoms with E-state index in [1.165, 1.54) is 22.9 Å². The molecule has 2 aromatic heterocycles. The van der Waals surface area contributed by atoms with E-state index in [0.717, 1.165) is 9.40 Å². The van der Waals surface area contributed by atoms with Crippen LogP contribution in [0.1, 0.15) is 9.67 Å². The molecule has 2 rings (SSSR count). The van der Waals surface area contributed by atoms with Gasteiger partial charge >= 0.3 is 5.97 Å². The van der Waals surface area contributed by atoms with Crippen molar-refractivity contribution in [1.29, 1.82) is 0 Å². The third-order valence-electron chi connectivity index (χ3n) is 1.26. The van der Waals surface area contributed by atoms with Crippen LogP contribution >= 0.6 is 22.9 Å². The molecule has 5 heteroatoms. The Morgan fingerprint density at radius 3 is 3.09 bits per heavy atom. The van der Waals surface area contributed by atoms with Gasteiger partial charge < -0.3 is 5.11 Å². The summed E-state index contributed by atoms with van der Waals surface area (Å²) in [4.78, 5) is 10.8. The molecule has 2 heterocycles. The molecule has 0 aliphatic carbocycles. The molecule has 0 fully saturated rings. The van der Waals surface area contributed by atoms with E-state index in [9.17, 15) is 4.79 Å². The van der Waals surface area contributed by atoms with Gasteiger partial charge in [0.05, 0.1) is 0 Å². The van der Waals surface area contributed by atoms with Crippen LogP contribution in [0.15, 0.2) is 12.3 Å². The molecule has 0 aromatic carbocycles. The molecular weight excluding hydrogens is 182 g/mol. The summed E-state index contributed by atoms with van der Waals surface area (Å²) in [5.41, 5.74) is 0. The molecule has 0 aliphatic rings. The zero-order valence-corrected chi connectivity index (χ0v) is 6.91. The first kappa shape index (κ1) is 6.75. The Balaban J connectivity index is 2.67. The van der Waals surface area contributed by atoms with Crippen molar-refractivity contribution in [2.24, 2.45) is 0 Å². The van der Waals surface area contributed by atoms with Crippen molar-refractivity contribution in [1.82, 2.24) is 4.37 Å². The van der Waals surface area contributed by atoms with Gasteiger partial charge in [-0.05, 0) is 17.6 Å². The van der Waals surface area contributed by atoms with Gasteiger partial charge in [0.1, 0.15) is 8.89 Å². The van der Waals surface area contributed by atoms with Gasteiger partial charge in [0.15, 0.2) is 0 Å². The minimum Gasteiger partial charge on any atom is -0.477 e. The maximum Gasteiger partial charge on any atom is 0.345 e. The summed E-state index contributed by atoms with van der Waals surface area (Å²) >= 11 is 2.60. The molecule has 0 unspecified atom stereocenters. The van der Waals surface area contributed by atoms with E-state index in [-0.39, 0.29) is 0 Å². The van der Waals surface area contributed by atoms with Crippen LogP contribution < -0.4 is 0 Å². The van der Waals surface area contributed by atoms with Crippen molar-refractivity contribution >= 4 is 38.2 Å². The minimum absolute atomic E-state index is 0.383. The lowest BCUT2D eigenvalue weighted by atomic mass is 10.4. The summed E-state index contributed by atoms with van der Waals surface area (Å²) in [5, 5.41) is 9.53. The van der Waals surface area contributed by atoms with Crippen molar-refractivity contribution in [3.8, 4) is 0 Å². The monoisotopic (exact) mass is 185 g/mol. The highest BCUT2D eigenvalue weighted by Gasteiger charge is 2.08. The largest absolute Gasteiger partial charge is 0.477 e. The van der Waals surface area contributed by atoms with Gasteiger partial charge in [-0.3, -0.25) is 0 Å². The normalized spacial score (nSPS) is 10.5. The van der Waals surface area contributed by atoms with Crippen molar-refractivity contribution < 1.29 is 9.90 Å². The van der Waals surface area contributed by atoms with Crippen LogP contribution in [0.4, 0.5) is 0 Å². The fourth-order valence-corrected chi connectivity index (χ4v) is 2.52. The fraction of sp³-hybridized carbons (Fsp3) is 0. The molecule has 3 nitrogen and oxygen atoms in total. The first-order chi connectivity index (χ1) is 5.27. The van der Waals surface area contributed by atoms with Crippen molar-refractivity contribution in [3.05, 3.63) is 17.1 Å². The molecule has 0 amide bonds. The van der Waals surface area contributed by atoms with E-state index in [1.807, 2.05) is 0 Å². The molecule has 0 saturated carbocycles. The standard InChI is InChI=1S/C6H3NO2S2/c8-5(9)4-1-3-2-7-11-6(3)10-4/h1-2H,(H,8,9). The molecule has 0 radical (unpaired) electrons. The highest BCUT2D eigenvalue weighted by atomic mass is 32.2. The molecule has 0 saturated heterocycles. The van der Waals surface area contributed by atoms with Gasteiger partial charge in [-0.25, -0.2) is 4.79 Å². The van der Waals surface area contributed by atoms with Crippen molar-refractivity contribution in [2.75, 3.05) is 0 Å². The molecule has 11 heavy (non-hydrogen) atoms. The lowest BCUT2D eigenvalue weighted by Crippen LogP contribution is -1.89. The smallest absolute Gasteiger partial charge is 0.345 e. The summed E-state index contributed by atoms with van der Waals surface area (Å²) in [5.74, 6) is -0.863. The second-order valence-electron chi connectivity index (χ2n) is 1.98. The lowest BCUT2D eigenvalue weighted by molar-refractivity contribution is 0.0702. The maximum absolute atomic E-state index is 10.5. The summed E-state index contributed by atoms with van der Waals surface area (Å²) in [6.07, 6.45) is 1.68. The number of nitrogens with zero attached hydrogens (tertiary/aromatic N) is 1. The zero-order valence-electron chi connectivity index (χ0n) is 5.27. The van der Waals surface area contributed by atoms with E-state index >= 15 is 0 Å². The Morgan fingerprint density at radius 1 is 1.64 bits per heavy atom. The Labute approximate surface area is 70.1 Å². The summed E-state index contributed by atoms with van der Waals surface area (Å²) in [6, 6.07) is 1.64. The predicted molar refractivity (Wildman–Crippen MR) is 44.5 cm³/mol. The molecule has 2 aromatic rings. The Kier molecular flexibility index (Phi) is 1.40. The number of hydrogen-bond acceptors (Lipinski definition) is 4. The average Bonchev–Trinajstić information content (AvgIpc) is 2.40. The number of fused-ring (bicyclic) bond motifs is 1. The summed E-state index contributed by atoms with van der Waals surface area (Å²) < 4.78 is 4.90. The first-order valence-electron chi connectivity index (χ1n) is 2.85. The van der Waals surface area contributed by atoms with Crippen molar-refractivity contribution in [2.45, 2.75) is 0 Å². The number of aromatic carboxylic acids is 1. The van der Waals surface area contributed by atoms with Gasteiger partial charge in [0.25, 0.3) is 0 Å². The topological polar surface area (TPSA) is 50.2 Å². The quantitative estimate of drug-likeness (QED) is 0.739. The number of carboxylic acids is 1. The lowest BCUT2D eigenvalue weighted by Gasteiger charge is -1.79. The summed E-state index contributed by atoms with van der Waals surface area (Å²) in [6.45, 7) is 0. The van der Waals surface area contributed by atoms with E-state index < -0.39 is 5.97 Å². The Hall–Kier alpha value is -0.940. The van der Waals surface area contributed by atoms with Crippen LogP contribution in [0.5, 0.6) is 0 Å². The average molecular weight is 185 g/mol. The van der Waals surface area contributed by atoms with Crippen LogP contribution in [0.3, 0.4) is 0 Å². The van der Waals surface area contributed by atoms with E-state index in [1.54, 1.807) is 12.3 Å². The summed E-state index contributed by atoms with van der Waals surface area (Å²) in [7, 11) is 0. The predicted octanol–water partition coefficient (Wildman–Crippen LogP) is 2.06. The van der Waals surface area contributed by atoms with Crippen LogP contribution in [-0.2, 0) is 0 Å². The van der Waals surface area contributed by atoms with Gasteiger partial charge in [-0.1, -0.05) is 0 Å². The molecule has 0 atom stereocenters. The van der Waals surface area contributed by atoms with Gasteiger partial charge in [-0.2, -0.15) is 4.37 Å². The number of rotatable bonds is 1. The Bertz CT molecular complexity index is 375. The number of aromatic nitrogens is 1. The maximum atomic E-state index is 10.5. The van der Waals surface area contributed by atoms with Crippen LogP contribution in [0.2, 0.25) is 0 Å². The van der Waals surface area contributed by atoms with Gasteiger partial charge in [-0.15, -0.1) is 11.3 Å². The van der Waals surface area contributed by atoms with E-state index in [4.69, 9.17) is 5.11 Å². The second-order valence-corrected chi connectivity index (χ2v) is 4.10. The zero-order chi connectivity index (χ0) is 7.84. The van der Waals surface area contributed by atoms with Crippen LogP contribution in [0, 0.1) is 0 Å². The molecule has 0 spiro atoms.